The zero-order chi connectivity index (χ0) is 14.5. The van der Waals surface area contributed by atoms with E-state index in [2.05, 4.69) is 12.2 Å². The molecule has 2 rings (SSSR count). The molecule has 0 aliphatic heterocycles. The minimum Gasteiger partial charge on any atom is -0.314 e. The molecule has 1 fully saturated rings. The van der Waals surface area contributed by atoms with E-state index in [9.17, 15) is 14.3 Å². The molecule has 6 heteroatoms. The lowest BCUT2D eigenvalue weighted by Crippen LogP contribution is -2.37. The highest BCUT2D eigenvalue weighted by Crippen LogP contribution is 2.27. The van der Waals surface area contributed by atoms with Gasteiger partial charge < -0.3 is 5.32 Å². The van der Waals surface area contributed by atoms with Crippen LogP contribution in [-0.2, 0) is 10.8 Å². The van der Waals surface area contributed by atoms with E-state index in [1.165, 1.54) is 12.1 Å². The molecule has 20 heavy (non-hydrogen) atoms. The third-order valence-corrected chi connectivity index (χ3v) is 5.47. The van der Waals surface area contributed by atoms with Crippen LogP contribution >= 0.6 is 0 Å². The molecule has 0 saturated heterocycles. The molecule has 1 aromatic rings. The molecule has 1 N–H and O–H groups in total. The predicted molar refractivity (Wildman–Crippen MR) is 79.2 cm³/mol. The van der Waals surface area contributed by atoms with Crippen LogP contribution in [0, 0.1) is 10.1 Å². The van der Waals surface area contributed by atoms with Gasteiger partial charge in [-0.05, 0) is 37.9 Å². The molecule has 1 saturated carbocycles. The largest absolute Gasteiger partial charge is 0.314 e. The number of nitrogens with zero attached hydrogens (tertiary/aromatic N) is 1. The molecule has 3 unspecified atom stereocenters. The van der Waals surface area contributed by atoms with E-state index >= 15 is 0 Å². The third-order valence-electron chi connectivity index (χ3n) is 3.70. The van der Waals surface area contributed by atoms with Gasteiger partial charge in [-0.3, -0.25) is 14.3 Å². The second kappa shape index (κ2) is 6.95. The summed E-state index contributed by atoms with van der Waals surface area (Å²) in [7, 11) is -1.08. The molecule has 0 aromatic heterocycles. The zero-order valence-corrected chi connectivity index (χ0v) is 12.4. The van der Waals surface area contributed by atoms with Crippen LogP contribution in [0.15, 0.2) is 29.2 Å². The molecule has 1 aromatic carbocycles. The second-order valence-electron chi connectivity index (χ2n) is 5.09. The number of non-ortho nitro benzene ring substituents is 1. The average Bonchev–Trinajstić information content (AvgIpc) is 2.47. The minimum absolute atomic E-state index is 0.0416. The van der Waals surface area contributed by atoms with Crippen LogP contribution in [-0.4, -0.2) is 27.0 Å². The highest BCUT2D eigenvalue weighted by molar-refractivity contribution is 7.85. The van der Waals surface area contributed by atoms with Gasteiger partial charge in [-0.15, -0.1) is 0 Å². The summed E-state index contributed by atoms with van der Waals surface area (Å²) in [5.41, 5.74) is 0.0416. The zero-order valence-electron chi connectivity index (χ0n) is 11.6. The molecule has 0 radical (unpaired) electrons. The summed E-state index contributed by atoms with van der Waals surface area (Å²) in [4.78, 5) is 10.9. The summed E-state index contributed by atoms with van der Waals surface area (Å²) in [6, 6.07) is 6.53. The monoisotopic (exact) mass is 296 g/mol. The Bertz CT molecular complexity index is 488. The molecule has 110 valence electrons. The SMILES string of the molecule is CCNC1CCCC(S(=O)c2ccc([N+](=O)[O-])cc2)C1. The quantitative estimate of drug-likeness (QED) is 0.669. The number of rotatable bonds is 5. The number of benzene rings is 1. The maximum absolute atomic E-state index is 12.5. The van der Waals surface area contributed by atoms with Crippen molar-refractivity contribution in [2.75, 3.05) is 6.54 Å². The summed E-state index contributed by atoms with van der Waals surface area (Å²) in [6.07, 6.45) is 4.10. The van der Waals surface area contributed by atoms with Gasteiger partial charge in [-0.2, -0.15) is 0 Å². The molecule has 0 spiro atoms. The maximum Gasteiger partial charge on any atom is 0.269 e. The van der Waals surface area contributed by atoms with Crippen molar-refractivity contribution in [2.45, 2.75) is 48.8 Å². The topological polar surface area (TPSA) is 72.2 Å². The second-order valence-corrected chi connectivity index (χ2v) is 6.82. The van der Waals surface area contributed by atoms with Gasteiger partial charge in [0.15, 0.2) is 0 Å². The highest BCUT2D eigenvalue weighted by Gasteiger charge is 2.26. The Morgan fingerprint density at radius 3 is 2.65 bits per heavy atom. The first kappa shape index (κ1) is 15.1. The average molecular weight is 296 g/mol. The Labute approximate surface area is 121 Å². The van der Waals surface area contributed by atoms with E-state index in [1.807, 2.05) is 0 Å². The lowest BCUT2D eigenvalue weighted by Gasteiger charge is -2.29. The van der Waals surface area contributed by atoms with Gasteiger partial charge in [0.05, 0.1) is 15.7 Å². The first-order valence-electron chi connectivity index (χ1n) is 7.00. The molecule has 3 atom stereocenters. The smallest absolute Gasteiger partial charge is 0.269 e. The lowest BCUT2D eigenvalue weighted by molar-refractivity contribution is -0.384. The minimum atomic E-state index is -1.08. The molecule has 0 heterocycles. The lowest BCUT2D eigenvalue weighted by atomic mass is 9.95. The number of nitro groups is 1. The van der Waals surface area contributed by atoms with Crippen LogP contribution in [0.2, 0.25) is 0 Å². The van der Waals surface area contributed by atoms with Gasteiger partial charge in [0.2, 0.25) is 0 Å². The van der Waals surface area contributed by atoms with Gasteiger partial charge in [0, 0.05) is 28.3 Å². The van der Waals surface area contributed by atoms with Gasteiger partial charge in [0.1, 0.15) is 0 Å². The molecule has 1 aliphatic carbocycles. The Balaban J connectivity index is 2.04. The van der Waals surface area contributed by atoms with Gasteiger partial charge in [-0.1, -0.05) is 13.3 Å². The first-order valence-corrected chi connectivity index (χ1v) is 8.21. The fraction of sp³-hybridized carbons (Fsp3) is 0.571. The summed E-state index contributed by atoms with van der Waals surface area (Å²) < 4.78 is 12.5. The predicted octanol–water partition coefficient (Wildman–Crippen LogP) is 2.62. The van der Waals surface area contributed by atoms with Crippen molar-refractivity contribution < 1.29 is 9.13 Å². The van der Waals surface area contributed by atoms with Crippen molar-refractivity contribution in [1.82, 2.24) is 5.32 Å². The maximum atomic E-state index is 12.5. The number of nitrogens with one attached hydrogen (secondary N) is 1. The summed E-state index contributed by atoms with van der Waals surface area (Å²) in [6.45, 7) is 3.01. The van der Waals surface area contributed by atoms with E-state index in [-0.39, 0.29) is 10.9 Å². The van der Waals surface area contributed by atoms with E-state index < -0.39 is 15.7 Å². The Kier molecular flexibility index (Phi) is 5.25. The van der Waals surface area contributed by atoms with Crippen molar-refractivity contribution >= 4 is 16.5 Å². The standard InChI is InChI=1S/C14H20N2O3S/c1-2-15-11-4-3-5-14(10-11)20(19)13-8-6-12(7-9-13)16(17)18/h6-9,11,14-15H,2-5,10H2,1H3. The van der Waals surface area contributed by atoms with Crippen molar-refractivity contribution in [3.05, 3.63) is 34.4 Å². The molecule has 1 aliphatic rings. The number of hydrogen-bond donors (Lipinski definition) is 1. The fourth-order valence-corrected chi connectivity index (χ4v) is 4.28. The fourth-order valence-electron chi connectivity index (χ4n) is 2.71. The van der Waals surface area contributed by atoms with Crippen LogP contribution in [0.5, 0.6) is 0 Å². The van der Waals surface area contributed by atoms with Crippen molar-refractivity contribution in [2.24, 2.45) is 0 Å². The van der Waals surface area contributed by atoms with Crippen LogP contribution < -0.4 is 5.32 Å². The third kappa shape index (κ3) is 3.64. The van der Waals surface area contributed by atoms with E-state index in [1.54, 1.807) is 12.1 Å². The van der Waals surface area contributed by atoms with Crippen LogP contribution in [0.3, 0.4) is 0 Å². The Morgan fingerprint density at radius 1 is 1.35 bits per heavy atom. The van der Waals surface area contributed by atoms with E-state index in [0.29, 0.717) is 10.9 Å². The Morgan fingerprint density at radius 2 is 2.05 bits per heavy atom. The van der Waals surface area contributed by atoms with E-state index in [0.717, 1.165) is 32.2 Å². The van der Waals surface area contributed by atoms with Crippen molar-refractivity contribution in [3.8, 4) is 0 Å². The molecule has 5 nitrogen and oxygen atoms in total. The summed E-state index contributed by atoms with van der Waals surface area (Å²) in [5, 5.41) is 14.2. The summed E-state index contributed by atoms with van der Waals surface area (Å²) in [5.74, 6) is 0. The molecule has 0 amide bonds. The Hall–Kier alpha value is -1.27. The molecular formula is C14H20N2O3S. The number of hydrogen-bond acceptors (Lipinski definition) is 4. The van der Waals surface area contributed by atoms with Crippen LogP contribution in [0.1, 0.15) is 32.6 Å². The number of nitro benzene ring substituents is 1. The van der Waals surface area contributed by atoms with Gasteiger partial charge in [-0.25, -0.2) is 0 Å². The molecule has 0 bridgehead atoms. The van der Waals surface area contributed by atoms with E-state index in [4.69, 9.17) is 0 Å². The highest BCUT2D eigenvalue weighted by atomic mass is 32.2. The van der Waals surface area contributed by atoms with Gasteiger partial charge in [0.25, 0.3) is 5.69 Å². The van der Waals surface area contributed by atoms with Crippen molar-refractivity contribution in [3.63, 3.8) is 0 Å². The summed E-state index contributed by atoms with van der Waals surface area (Å²) >= 11 is 0. The van der Waals surface area contributed by atoms with Crippen LogP contribution in [0.25, 0.3) is 0 Å². The van der Waals surface area contributed by atoms with Gasteiger partial charge >= 0.3 is 0 Å². The normalized spacial score (nSPS) is 24.2. The van der Waals surface area contributed by atoms with Crippen molar-refractivity contribution in [1.29, 1.82) is 0 Å². The van der Waals surface area contributed by atoms with Crippen LogP contribution in [0.4, 0.5) is 5.69 Å². The molecular weight excluding hydrogens is 276 g/mol. The first-order chi connectivity index (χ1) is 9.61.